The standard InChI is InChI=1S/C14H18N4S/c1-10-4-6-12(7-5-10)8-15-14(19)17-13-9-16-18(3)11(13)2/h4-7,9H,8H2,1-3H3,(H2,15,17,19). The van der Waals surface area contributed by atoms with Crippen LogP contribution in [0.3, 0.4) is 0 Å². The summed E-state index contributed by atoms with van der Waals surface area (Å²) < 4.78 is 1.81. The number of aromatic nitrogens is 2. The van der Waals surface area contributed by atoms with Crippen molar-refractivity contribution >= 4 is 23.0 Å². The Hall–Kier alpha value is -1.88. The lowest BCUT2D eigenvalue weighted by molar-refractivity contribution is 0.740. The Balaban J connectivity index is 1.88. The second kappa shape index (κ2) is 5.84. The first-order valence-corrected chi connectivity index (χ1v) is 6.56. The summed E-state index contributed by atoms with van der Waals surface area (Å²) in [5, 5.41) is 11.1. The molecular weight excluding hydrogens is 256 g/mol. The van der Waals surface area contributed by atoms with Gasteiger partial charge in [0.1, 0.15) is 0 Å². The molecule has 0 bridgehead atoms. The summed E-state index contributed by atoms with van der Waals surface area (Å²) in [5.41, 5.74) is 4.46. The molecule has 4 nitrogen and oxygen atoms in total. The van der Waals surface area contributed by atoms with Gasteiger partial charge < -0.3 is 10.6 Å². The molecule has 0 radical (unpaired) electrons. The Morgan fingerprint density at radius 2 is 1.95 bits per heavy atom. The number of nitrogens with zero attached hydrogens (tertiary/aromatic N) is 2. The number of aryl methyl sites for hydroxylation is 2. The number of anilines is 1. The number of hydrogen-bond donors (Lipinski definition) is 2. The van der Waals surface area contributed by atoms with Crippen LogP contribution in [0.2, 0.25) is 0 Å². The molecule has 0 fully saturated rings. The zero-order chi connectivity index (χ0) is 13.8. The lowest BCUT2D eigenvalue weighted by atomic mass is 10.1. The van der Waals surface area contributed by atoms with E-state index in [2.05, 4.69) is 46.9 Å². The van der Waals surface area contributed by atoms with E-state index in [9.17, 15) is 0 Å². The summed E-state index contributed by atoms with van der Waals surface area (Å²) in [6, 6.07) is 8.39. The van der Waals surface area contributed by atoms with Gasteiger partial charge >= 0.3 is 0 Å². The number of rotatable bonds is 3. The van der Waals surface area contributed by atoms with E-state index < -0.39 is 0 Å². The van der Waals surface area contributed by atoms with Crippen LogP contribution in [0.1, 0.15) is 16.8 Å². The van der Waals surface area contributed by atoms with Crippen LogP contribution in [0.4, 0.5) is 5.69 Å². The van der Waals surface area contributed by atoms with Gasteiger partial charge in [0, 0.05) is 13.6 Å². The van der Waals surface area contributed by atoms with Gasteiger partial charge in [-0.15, -0.1) is 0 Å². The summed E-state index contributed by atoms with van der Waals surface area (Å²) >= 11 is 5.27. The molecule has 2 aromatic rings. The van der Waals surface area contributed by atoms with Crippen LogP contribution in [0.15, 0.2) is 30.5 Å². The molecule has 1 aromatic heterocycles. The first kappa shape index (κ1) is 13.5. The van der Waals surface area contributed by atoms with Crippen LogP contribution in [0, 0.1) is 13.8 Å². The Labute approximate surface area is 118 Å². The van der Waals surface area contributed by atoms with Gasteiger partial charge in [0.15, 0.2) is 5.11 Å². The van der Waals surface area contributed by atoms with E-state index in [4.69, 9.17) is 12.2 Å². The van der Waals surface area contributed by atoms with Crippen molar-refractivity contribution in [1.29, 1.82) is 0 Å². The Kier molecular flexibility index (Phi) is 4.16. The fourth-order valence-corrected chi connectivity index (χ4v) is 1.86. The van der Waals surface area contributed by atoms with Gasteiger partial charge in [-0.3, -0.25) is 4.68 Å². The summed E-state index contributed by atoms with van der Waals surface area (Å²) in [4.78, 5) is 0. The topological polar surface area (TPSA) is 41.9 Å². The quantitative estimate of drug-likeness (QED) is 0.844. The first-order chi connectivity index (χ1) is 9.06. The molecule has 2 rings (SSSR count). The molecule has 0 saturated heterocycles. The van der Waals surface area contributed by atoms with Gasteiger partial charge in [-0.25, -0.2) is 0 Å². The highest BCUT2D eigenvalue weighted by Crippen LogP contribution is 2.11. The summed E-state index contributed by atoms with van der Waals surface area (Å²) in [6.45, 7) is 4.79. The van der Waals surface area contributed by atoms with Gasteiger partial charge in [0.05, 0.1) is 17.6 Å². The molecule has 0 saturated carbocycles. The lowest BCUT2D eigenvalue weighted by Gasteiger charge is -2.10. The predicted octanol–water partition coefficient (Wildman–Crippen LogP) is 2.52. The van der Waals surface area contributed by atoms with E-state index in [0.717, 1.165) is 11.4 Å². The highest BCUT2D eigenvalue weighted by molar-refractivity contribution is 7.80. The maximum absolute atomic E-state index is 5.27. The zero-order valence-electron chi connectivity index (χ0n) is 11.4. The summed E-state index contributed by atoms with van der Waals surface area (Å²) in [6.07, 6.45) is 1.77. The largest absolute Gasteiger partial charge is 0.358 e. The summed E-state index contributed by atoms with van der Waals surface area (Å²) in [7, 11) is 1.91. The van der Waals surface area contributed by atoms with Gasteiger partial charge in [0.25, 0.3) is 0 Å². The zero-order valence-corrected chi connectivity index (χ0v) is 12.2. The Morgan fingerprint density at radius 3 is 2.53 bits per heavy atom. The van der Waals surface area contributed by atoms with Crippen molar-refractivity contribution in [3.05, 3.63) is 47.3 Å². The number of benzene rings is 1. The van der Waals surface area contributed by atoms with Crippen molar-refractivity contribution in [3.8, 4) is 0 Å². The minimum atomic E-state index is 0.608. The van der Waals surface area contributed by atoms with E-state index in [1.807, 2.05) is 18.7 Å². The van der Waals surface area contributed by atoms with Crippen molar-refractivity contribution in [2.75, 3.05) is 5.32 Å². The fraction of sp³-hybridized carbons (Fsp3) is 0.286. The molecule has 0 aliphatic heterocycles. The van der Waals surface area contributed by atoms with Gasteiger partial charge in [-0.1, -0.05) is 29.8 Å². The maximum atomic E-state index is 5.27. The SMILES string of the molecule is Cc1ccc(CNC(=S)Nc2cnn(C)c2C)cc1. The number of thiocarbonyl (C=S) groups is 1. The second-order valence-electron chi connectivity index (χ2n) is 4.56. The van der Waals surface area contributed by atoms with E-state index >= 15 is 0 Å². The molecular formula is C14H18N4S. The van der Waals surface area contributed by atoms with Gasteiger partial charge in [-0.2, -0.15) is 5.10 Å². The van der Waals surface area contributed by atoms with Crippen LogP contribution < -0.4 is 10.6 Å². The van der Waals surface area contributed by atoms with Crippen molar-refractivity contribution < 1.29 is 0 Å². The highest BCUT2D eigenvalue weighted by Gasteiger charge is 2.04. The van der Waals surface area contributed by atoms with E-state index in [0.29, 0.717) is 11.7 Å². The van der Waals surface area contributed by atoms with Crippen LogP contribution in [-0.4, -0.2) is 14.9 Å². The highest BCUT2D eigenvalue weighted by atomic mass is 32.1. The molecule has 100 valence electrons. The van der Waals surface area contributed by atoms with Crippen LogP contribution in [-0.2, 0) is 13.6 Å². The predicted molar refractivity (Wildman–Crippen MR) is 82.2 cm³/mol. The van der Waals surface area contributed by atoms with Crippen molar-refractivity contribution in [1.82, 2.24) is 15.1 Å². The van der Waals surface area contributed by atoms with Gasteiger partial charge in [0.2, 0.25) is 0 Å². The number of nitrogens with one attached hydrogen (secondary N) is 2. The van der Waals surface area contributed by atoms with Crippen LogP contribution >= 0.6 is 12.2 Å². The minimum absolute atomic E-state index is 0.608. The lowest BCUT2D eigenvalue weighted by Crippen LogP contribution is -2.28. The monoisotopic (exact) mass is 274 g/mol. The Morgan fingerprint density at radius 1 is 1.26 bits per heavy atom. The van der Waals surface area contributed by atoms with Gasteiger partial charge in [-0.05, 0) is 31.6 Å². The molecule has 19 heavy (non-hydrogen) atoms. The minimum Gasteiger partial charge on any atom is -0.358 e. The van der Waals surface area contributed by atoms with E-state index in [1.54, 1.807) is 6.20 Å². The molecule has 0 unspecified atom stereocenters. The summed E-state index contributed by atoms with van der Waals surface area (Å²) in [5.74, 6) is 0. The average Bonchev–Trinajstić information content (AvgIpc) is 2.70. The molecule has 1 heterocycles. The molecule has 0 aliphatic rings. The van der Waals surface area contributed by atoms with Crippen LogP contribution in [0.25, 0.3) is 0 Å². The molecule has 0 aliphatic carbocycles. The molecule has 5 heteroatoms. The number of hydrogen-bond acceptors (Lipinski definition) is 2. The van der Waals surface area contributed by atoms with Crippen molar-refractivity contribution in [2.24, 2.45) is 7.05 Å². The molecule has 0 atom stereocenters. The van der Waals surface area contributed by atoms with Crippen molar-refractivity contribution in [3.63, 3.8) is 0 Å². The smallest absolute Gasteiger partial charge is 0.171 e. The average molecular weight is 274 g/mol. The second-order valence-corrected chi connectivity index (χ2v) is 4.97. The molecule has 0 spiro atoms. The normalized spacial score (nSPS) is 10.3. The third kappa shape index (κ3) is 3.54. The Bertz CT molecular complexity index is 572. The molecule has 1 aromatic carbocycles. The third-order valence-corrected chi connectivity index (χ3v) is 3.30. The first-order valence-electron chi connectivity index (χ1n) is 6.15. The third-order valence-electron chi connectivity index (χ3n) is 3.06. The van der Waals surface area contributed by atoms with E-state index in [-0.39, 0.29) is 0 Å². The van der Waals surface area contributed by atoms with Crippen LogP contribution in [0.5, 0.6) is 0 Å². The van der Waals surface area contributed by atoms with Crippen molar-refractivity contribution in [2.45, 2.75) is 20.4 Å². The van der Waals surface area contributed by atoms with E-state index in [1.165, 1.54) is 11.1 Å². The fourth-order valence-electron chi connectivity index (χ4n) is 1.68. The maximum Gasteiger partial charge on any atom is 0.171 e. The molecule has 2 N–H and O–H groups in total. The molecule has 0 amide bonds.